The summed E-state index contributed by atoms with van der Waals surface area (Å²) in [5.74, 6) is 0.346. The van der Waals surface area contributed by atoms with E-state index < -0.39 is 5.60 Å². The molecule has 3 saturated heterocycles. The first-order valence-electron chi connectivity index (χ1n) is 13.9. The van der Waals surface area contributed by atoms with Crippen molar-refractivity contribution in [1.29, 1.82) is 0 Å². The summed E-state index contributed by atoms with van der Waals surface area (Å²) in [6, 6.07) is 10.6. The van der Waals surface area contributed by atoms with Crippen molar-refractivity contribution in [1.82, 2.24) is 25.3 Å². The summed E-state index contributed by atoms with van der Waals surface area (Å²) in [5, 5.41) is 18.1. The van der Waals surface area contributed by atoms with Crippen LogP contribution in [0.15, 0.2) is 30.3 Å². The summed E-state index contributed by atoms with van der Waals surface area (Å²) in [6.45, 7) is 7.51. The van der Waals surface area contributed by atoms with Crippen molar-refractivity contribution in [3.8, 4) is 0 Å². The second-order valence-corrected chi connectivity index (χ2v) is 11.1. The Kier molecular flexibility index (Phi) is 9.95. The molecule has 3 atom stereocenters. The Morgan fingerprint density at radius 2 is 2.00 bits per heavy atom. The number of ether oxygens (including phenoxy) is 1. The van der Waals surface area contributed by atoms with Gasteiger partial charge in [0.25, 0.3) is 0 Å². The van der Waals surface area contributed by atoms with E-state index in [0.717, 1.165) is 26.2 Å². The molecular formula is C28H45N5O4. The minimum atomic E-state index is -0.953. The molecule has 37 heavy (non-hydrogen) atoms. The Morgan fingerprint density at radius 3 is 2.70 bits per heavy atom. The first-order valence-corrected chi connectivity index (χ1v) is 13.9. The number of nitrogens with zero attached hydrogens (tertiary/aromatic N) is 3. The van der Waals surface area contributed by atoms with Crippen molar-refractivity contribution in [2.24, 2.45) is 0 Å². The third-order valence-corrected chi connectivity index (χ3v) is 8.29. The molecule has 0 aliphatic carbocycles. The smallest absolute Gasteiger partial charge is 0.226 e. The highest BCUT2D eigenvalue weighted by Crippen LogP contribution is 2.27. The van der Waals surface area contributed by atoms with Gasteiger partial charge in [-0.1, -0.05) is 37.3 Å². The largest absolute Gasteiger partial charge is 0.388 e. The van der Waals surface area contributed by atoms with Gasteiger partial charge in [-0.05, 0) is 43.7 Å². The van der Waals surface area contributed by atoms with Crippen LogP contribution in [0, 0.1) is 0 Å². The highest BCUT2D eigenvalue weighted by Gasteiger charge is 2.38. The molecule has 0 aromatic heterocycles. The molecular weight excluding hydrogens is 470 g/mol. The van der Waals surface area contributed by atoms with Crippen LogP contribution in [0.25, 0.3) is 0 Å². The SMILES string of the molecule is COC[C@H]1CCCN1CCNC1CC(=O)N(CC2(O)CCN(C(=O)C[C@@H](C)c3ccccc3)CC2)CN1. The van der Waals surface area contributed by atoms with Crippen molar-refractivity contribution >= 4 is 11.8 Å². The second kappa shape index (κ2) is 13.2. The number of aliphatic hydroxyl groups is 1. The molecule has 9 heteroatoms. The fraction of sp³-hybridized carbons (Fsp3) is 0.714. The zero-order valence-electron chi connectivity index (χ0n) is 22.5. The van der Waals surface area contributed by atoms with Gasteiger partial charge in [-0.25, -0.2) is 0 Å². The van der Waals surface area contributed by atoms with E-state index >= 15 is 0 Å². The summed E-state index contributed by atoms with van der Waals surface area (Å²) in [4.78, 5) is 31.7. The lowest BCUT2D eigenvalue weighted by Gasteiger charge is -2.43. The average molecular weight is 516 g/mol. The number of benzene rings is 1. The number of hydrogen-bond donors (Lipinski definition) is 3. The van der Waals surface area contributed by atoms with E-state index in [1.165, 1.54) is 18.4 Å². The molecule has 1 aromatic carbocycles. The number of piperidine rings is 1. The summed E-state index contributed by atoms with van der Waals surface area (Å²) < 4.78 is 5.33. The van der Waals surface area contributed by atoms with Crippen molar-refractivity contribution in [2.45, 2.75) is 69.2 Å². The van der Waals surface area contributed by atoms with Crippen LogP contribution < -0.4 is 10.6 Å². The summed E-state index contributed by atoms with van der Waals surface area (Å²) in [7, 11) is 1.76. The Labute approximate surface area is 221 Å². The number of β-amino-alcohol motifs (C(OH)–C–C–N with tert-alkyl or cyclic N) is 1. The van der Waals surface area contributed by atoms with E-state index in [4.69, 9.17) is 4.74 Å². The average Bonchev–Trinajstić information content (AvgIpc) is 3.33. The van der Waals surface area contributed by atoms with E-state index in [9.17, 15) is 14.7 Å². The standard InChI is InChI=1S/C28H45N5O4/c1-22(23-7-4-3-5-8-23)17-26(34)32-14-10-28(36,11-15-32)20-33-21-30-25(18-27(33)35)29-12-16-31-13-6-9-24(31)19-37-2/h3-5,7-8,22,24-25,29-30,36H,6,9-21H2,1-2H3/t22-,24-,25?/m1/s1. The molecule has 2 amide bonds. The molecule has 0 spiro atoms. The zero-order valence-corrected chi connectivity index (χ0v) is 22.5. The lowest BCUT2D eigenvalue weighted by molar-refractivity contribution is -0.145. The van der Waals surface area contributed by atoms with Crippen molar-refractivity contribution < 1.29 is 19.4 Å². The molecule has 1 unspecified atom stereocenters. The fourth-order valence-electron chi connectivity index (χ4n) is 5.90. The van der Waals surface area contributed by atoms with Crippen LogP contribution in [-0.4, -0.2) is 109 Å². The molecule has 1 aromatic rings. The van der Waals surface area contributed by atoms with E-state index in [-0.39, 0.29) is 23.9 Å². The van der Waals surface area contributed by atoms with Crippen LogP contribution in [0.4, 0.5) is 0 Å². The molecule has 4 rings (SSSR count). The van der Waals surface area contributed by atoms with Gasteiger partial charge in [0.2, 0.25) is 11.8 Å². The third kappa shape index (κ3) is 7.74. The number of amides is 2. The van der Waals surface area contributed by atoms with Crippen LogP contribution in [0.5, 0.6) is 0 Å². The first-order chi connectivity index (χ1) is 17.9. The van der Waals surface area contributed by atoms with Gasteiger partial charge >= 0.3 is 0 Å². The number of nitrogens with one attached hydrogen (secondary N) is 2. The highest BCUT2D eigenvalue weighted by molar-refractivity contribution is 5.78. The van der Waals surface area contributed by atoms with Crippen LogP contribution in [-0.2, 0) is 14.3 Å². The highest BCUT2D eigenvalue weighted by atomic mass is 16.5. The maximum absolute atomic E-state index is 12.8. The second-order valence-electron chi connectivity index (χ2n) is 11.1. The van der Waals surface area contributed by atoms with Crippen LogP contribution in [0.1, 0.15) is 56.9 Å². The van der Waals surface area contributed by atoms with Gasteiger partial charge in [0.15, 0.2) is 0 Å². The van der Waals surface area contributed by atoms with E-state index in [1.807, 2.05) is 23.1 Å². The maximum atomic E-state index is 12.8. The molecule has 9 nitrogen and oxygen atoms in total. The summed E-state index contributed by atoms with van der Waals surface area (Å²) in [6.07, 6.45) is 4.17. The minimum absolute atomic E-state index is 0.0482. The van der Waals surface area contributed by atoms with Gasteiger partial charge in [-0.2, -0.15) is 0 Å². The van der Waals surface area contributed by atoms with E-state index in [2.05, 4.69) is 34.6 Å². The molecule has 0 radical (unpaired) electrons. The Hall–Kier alpha value is -2.04. The predicted octanol–water partition coefficient (Wildman–Crippen LogP) is 1.34. The molecule has 206 valence electrons. The van der Waals surface area contributed by atoms with Gasteiger partial charge in [-0.3, -0.25) is 19.8 Å². The quantitative estimate of drug-likeness (QED) is 0.409. The molecule has 0 bridgehead atoms. The van der Waals surface area contributed by atoms with Crippen LogP contribution in [0.3, 0.4) is 0 Å². The normalized spacial score (nSPS) is 25.4. The lowest BCUT2D eigenvalue weighted by Crippen LogP contribution is -2.61. The van der Waals surface area contributed by atoms with Crippen LogP contribution >= 0.6 is 0 Å². The summed E-state index contributed by atoms with van der Waals surface area (Å²) >= 11 is 0. The van der Waals surface area contributed by atoms with Gasteiger partial charge in [-0.15, -0.1) is 0 Å². The lowest BCUT2D eigenvalue weighted by atomic mass is 9.89. The number of carbonyl (C=O) groups excluding carboxylic acids is 2. The van der Waals surface area contributed by atoms with Gasteiger partial charge < -0.3 is 25.0 Å². The zero-order chi connectivity index (χ0) is 26.3. The third-order valence-electron chi connectivity index (χ3n) is 8.29. The number of rotatable bonds is 11. The molecule has 3 aliphatic rings. The Balaban J connectivity index is 1.16. The van der Waals surface area contributed by atoms with Crippen molar-refractivity contribution in [2.75, 3.05) is 59.7 Å². The first kappa shape index (κ1) is 28.0. The Morgan fingerprint density at radius 1 is 1.24 bits per heavy atom. The Bertz CT molecular complexity index is 877. The van der Waals surface area contributed by atoms with Gasteiger partial charge in [0, 0.05) is 45.8 Å². The van der Waals surface area contributed by atoms with Crippen LogP contribution in [0.2, 0.25) is 0 Å². The molecule has 3 N–H and O–H groups in total. The molecule has 3 aliphatic heterocycles. The maximum Gasteiger partial charge on any atom is 0.226 e. The number of carbonyl (C=O) groups is 2. The molecule has 0 saturated carbocycles. The van der Waals surface area contributed by atoms with E-state index in [0.29, 0.717) is 58.0 Å². The number of methoxy groups -OCH3 is 1. The fourth-order valence-corrected chi connectivity index (χ4v) is 5.90. The van der Waals surface area contributed by atoms with Gasteiger partial charge in [0.05, 0.1) is 38.0 Å². The molecule has 3 fully saturated rings. The monoisotopic (exact) mass is 515 g/mol. The minimum Gasteiger partial charge on any atom is -0.388 e. The predicted molar refractivity (Wildman–Crippen MR) is 143 cm³/mol. The molecule has 3 heterocycles. The number of likely N-dealkylation sites (tertiary alicyclic amines) is 2. The summed E-state index contributed by atoms with van der Waals surface area (Å²) in [5.41, 5.74) is 0.213. The number of hydrogen-bond acceptors (Lipinski definition) is 7. The van der Waals surface area contributed by atoms with E-state index in [1.54, 1.807) is 12.0 Å². The van der Waals surface area contributed by atoms with Crippen molar-refractivity contribution in [3.63, 3.8) is 0 Å². The van der Waals surface area contributed by atoms with Crippen molar-refractivity contribution in [3.05, 3.63) is 35.9 Å². The topological polar surface area (TPSA) is 97.4 Å². The van der Waals surface area contributed by atoms with Gasteiger partial charge in [0.1, 0.15) is 0 Å².